The van der Waals surface area contributed by atoms with Gasteiger partial charge in [0.15, 0.2) is 11.5 Å². The molecule has 0 spiro atoms. The summed E-state index contributed by atoms with van der Waals surface area (Å²) < 4.78 is 17.3. The highest BCUT2D eigenvalue weighted by Crippen LogP contribution is 2.44. The highest BCUT2D eigenvalue weighted by Gasteiger charge is 2.46. The van der Waals surface area contributed by atoms with E-state index in [4.69, 9.17) is 25.2 Å². The van der Waals surface area contributed by atoms with E-state index in [0.29, 0.717) is 28.2 Å². The smallest absolute Gasteiger partial charge is 0.294 e. The highest BCUT2D eigenvalue weighted by molar-refractivity contribution is 9.10. The first-order valence-corrected chi connectivity index (χ1v) is 10.9. The molecule has 33 heavy (non-hydrogen) atoms. The first-order chi connectivity index (χ1) is 15.9. The van der Waals surface area contributed by atoms with Gasteiger partial charge in [0.05, 0.1) is 24.0 Å². The number of carbonyl (C=O) groups is 2. The van der Waals surface area contributed by atoms with Crippen LogP contribution in [0.25, 0.3) is 11.0 Å². The van der Waals surface area contributed by atoms with Gasteiger partial charge in [0.25, 0.3) is 5.91 Å². The first-order valence-electron chi connectivity index (χ1n) is 9.76. The molecule has 5 rings (SSSR count). The number of methoxy groups -OCH3 is 1. The lowest BCUT2D eigenvalue weighted by Gasteiger charge is -2.25. The number of hydrogen-bond donors (Lipinski definition) is 1. The Kier molecular flexibility index (Phi) is 5.26. The van der Waals surface area contributed by atoms with E-state index >= 15 is 0 Å². The quantitative estimate of drug-likeness (QED) is 0.309. The Bertz CT molecular complexity index is 1440. The SMILES string of the molecule is COc1ccc(N2C(=O)C(O)=C(C(=O)c3cc4cc(Br)ccc4o3)C2c2ccco2)cc1Cl. The molecular formula is C24H15BrClNO6. The van der Waals surface area contributed by atoms with Crippen LogP contribution >= 0.6 is 27.5 Å². The third kappa shape index (κ3) is 3.51. The summed E-state index contributed by atoms with van der Waals surface area (Å²) in [5.74, 6) is -1.37. The Hall–Kier alpha value is -3.49. The molecule has 7 nitrogen and oxygen atoms in total. The molecule has 1 aliphatic heterocycles. The molecule has 0 saturated carbocycles. The molecule has 1 aliphatic rings. The van der Waals surface area contributed by atoms with Crippen molar-refractivity contribution in [1.29, 1.82) is 0 Å². The van der Waals surface area contributed by atoms with Crippen LogP contribution in [-0.4, -0.2) is 23.9 Å². The van der Waals surface area contributed by atoms with Gasteiger partial charge in [-0.1, -0.05) is 27.5 Å². The summed E-state index contributed by atoms with van der Waals surface area (Å²) in [5, 5.41) is 11.8. The molecule has 9 heteroatoms. The number of hydrogen-bond acceptors (Lipinski definition) is 6. The molecule has 3 heterocycles. The molecule has 2 aromatic carbocycles. The van der Waals surface area contributed by atoms with E-state index in [1.165, 1.54) is 24.3 Å². The average molecular weight is 529 g/mol. The topological polar surface area (TPSA) is 93.1 Å². The Labute approximate surface area is 200 Å². The minimum Gasteiger partial charge on any atom is -0.503 e. The minimum absolute atomic E-state index is 0.0105. The van der Waals surface area contributed by atoms with Gasteiger partial charge >= 0.3 is 0 Å². The molecule has 0 fully saturated rings. The number of carbonyl (C=O) groups excluding carboxylic acids is 2. The second kappa shape index (κ2) is 8.13. The molecule has 4 aromatic rings. The fourth-order valence-corrected chi connectivity index (χ4v) is 4.51. The number of aliphatic hydroxyl groups is 1. The van der Waals surface area contributed by atoms with Gasteiger partial charge in [0.1, 0.15) is 23.1 Å². The minimum atomic E-state index is -1.02. The number of ketones is 1. The fraction of sp³-hybridized carbons (Fsp3) is 0.0833. The number of nitrogens with zero attached hydrogens (tertiary/aromatic N) is 1. The number of benzene rings is 2. The van der Waals surface area contributed by atoms with Gasteiger partial charge in [-0.15, -0.1) is 0 Å². The molecule has 1 N–H and O–H groups in total. The van der Waals surface area contributed by atoms with Gasteiger partial charge in [-0.25, -0.2) is 0 Å². The lowest BCUT2D eigenvalue weighted by Crippen LogP contribution is -2.30. The maximum Gasteiger partial charge on any atom is 0.294 e. The van der Waals surface area contributed by atoms with E-state index in [-0.39, 0.29) is 16.4 Å². The predicted molar refractivity (Wildman–Crippen MR) is 125 cm³/mol. The largest absolute Gasteiger partial charge is 0.503 e. The van der Waals surface area contributed by atoms with E-state index in [2.05, 4.69) is 15.9 Å². The Balaban J connectivity index is 1.63. The van der Waals surface area contributed by atoms with Crippen LogP contribution in [0.5, 0.6) is 5.75 Å². The van der Waals surface area contributed by atoms with Crippen molar-refractivity contribution in [2.45, 2.75) is 6.04 Å². The molecule has 166 valence electrons. The van der Waals surface area contributed by atoms with Crippen LogP contribution in [0.15, 0.2) is 85.5 Å². The zero-order chi connectivity index (χ0) is 23.3. The van der Waals surface area contributed by atoms with Crippen LogP contribution in [0.4, 0.5) is 5.69 Å². The van der Waals surface area contributed by atoms with Crippen molar-refractivity contribution in [3.8, 4) is 5.75 Å². The Morgan fingerprint density at radius 1 is 1.18 bits per heavy atom. The van der Waals surface area contributed by atoms with Crippen molar-refractivity contribution in [3.05, 3.63) is 93.2 Å². The lowest BCUT2D eigenvalue weighted by atomic mass is 9.99. The fourth-order valence-electron chi connectivity index (χ4n) is 3.88. The monoisotopic (exact) mass is 527 g/mol. The maximum absolute atomic E-state index is 13.5. The molecule has 0 saturated heterocycles. The standard InChI is InChI=1S/C24H15BrClNO6/c1-31-17-7-5-14(11-15(17)26)27-21(18-3-2-8-32-18)20(23(29)24(27)30)22(28)19-10-12-9-13(25)4-6-16(12)33-19/h2-11,21,29H,1H3. The van der Waals surface area contributed by atoms with Gasteiger partial charge in [-0.2, -0.15) is 0 Å². The van der Waals surface area contributed by atoms with Crippen molar-refractivity contribution in [3.63, 3.8) is 0 Å². The van der Waals surface area contributed by atoms with Crippen LogP contribution < -0.4 is 9.64 Å². The lowest BCUT2D eigenvalue weighted by molar-refractivity contribution is -0.117. The molecular weight excluding hydrogens is 514 g/mol. The third-order valence-electron chi connectivity index (χ3n) is 5.38. The number of Topliss-reactive ketones (excluding diaryl/α,β-unsaturated/α-hetero) is 1. The summed E-state index contributed by atoms with van der Waals surface area (Å²) in [7, 11) is 1.48. The summed E-state index contributed by atoms with van der Waals surface area (Å²) >= 11 is 9.66. The zero-order valence-electron chi connectivity index (χ0n) is 17.0. The van der Waals surface area contributed by atoms with Crippen LogP contribution in [0.1, 0.15) is 22.4 Å². The average Bonchev–Trinajstić information content (AvgIpc) is 3.52. The molecule has 1 unspecified atom stereocenters. The second-order valence-corrected chi connectivity index (χ2v) is 8.62. The van der Waals surface area contributed by atoms with Crippen molar-refractivity contribution < 1.29 is 28.3 Å². The van der Waals surface area contributed by atoms with Crippen LogP contribution in [0, 0.1) is 0 Å². The Morgan fingerprint density at radius 3 is 2.70 bits per heavy atom. The summed E-state index contributed by atoms with van der Waals surface area (Å²) in [5.41, 5.74) is 0.703. The molecule has 2 aromatic heterocycles. The van der Waals surface area contributed by atoms with Crippen LogP contribution in [0.3, 0.4) is 0 Å². The second-order valence-electron chi connectivity index (χ2n) is 7.30. The van der Waals surface area contributed by atoms with Crippen molar-refractivity contribution in [2.75, 3.05) is 12.0 Å². The summed E-state index contributed by atoms with van der Waals surface area (Å²) in [4.78, 5) is 27.9. The van der Waals surface area contributed by atoms with Crippen molar-refractivity contribution in [2.24, 2.45) is 0 Å². The number of rotatable bonds is 5. The van der Waals surface area contributed by atoms with E-state index in [0.717, 1.165) is 4.47 Å². The maximum atomic E-state index is 13.5. The number of furan rings is 2. The number of fused-ring (bicyclic) bond motifs is 1. The van der Waals surface area contributed by atoms with Crippen LogP contribution in [-0.2, 0) is 4.79 Å². The number of halogens is 2. The zero-order valence-corrected chi connectivity index (χ0v) is 19.4. The van der Waals surface area contributed by atoms with E-state index in [1.807, 2.05) is 0 Å². The Morgan fingerprint density at radius 2 is 2.00 bits per heavy atom. The van der Waals surface area contributed by atoms with Gasteiger partial charge < -0.3 is 18.7 Å². The van der Waals surface area contributed by atoms with Crippen molar-refractivity contribution >= 4 is 55.9 Å². The molecule has 0 aliphatic carbocycles. The molecule has 1 amide bonds. The highest BCUT2D eigenvalue weighted by atomic mass is 79.9. The van der Waals surface area contributed by atoms with Gasteiger partial charge in [0, 0.05) is 15.5 Å². The first kappa shape index (κ1) is 21.4. The van der Waals surface area contributed by atoms with Gasteiger partial charge in [-0.3, -0.25) is 14.5 Å². The summed E-state index contributed by atoms with van der Waals surface area (Å²) in [6.07, 6.45) is 1.43. The summed E-state index contributed by atoms with van der Waals surface area (Å²) in [6, 6.07) is 13.8. The number of amides is 1. The molecule has 0 radical (unpaired) electrons. The third-order valence-corrected chi connectivity index (χ3v) is 6.17. The molecule has 0 bridgehead atoms. The van der Waals surface area contributed by atoms with Crippen LogP contribution in [0.2, 0.25) is 5.02 Å². The van der Waals surface area contributed by atoms with E-state index in [1.54, 1.807) is 48.5 Å². The molecule has 1 atom stereocenters. The number of anilines is 1. The number of aliphatic hydroxyl groups excluding tert-OH is 1. The number of ether oxygens (including phenoxy) is 1. The summed E-state index contributed by atoms with van der Waals surface area (Å²) in [6.45, 7) is 0. The normalized spacial score (nSPS) is 16.2. The van der Waals surface area contributed by atoms with E-state index in [9.17, 15) is 14.7 Å². The van der Waals surface area contributed by atoms with Crippen molar-refractivity contribution in [1.82, 2.24) is 0 Å². The predicted octanol–water partition coefficient (Wildman–Crippen LogP) is 6.23. The van der Waals surface area contributed by atoms with E-state index < -0.39 is 23.5 Å². The van der Waals surface area contributed by atoms with Gasteiger partial charge in [-0.05, 0) is 54.6 Å². The van der Waals surface area contributed by atoms with Gasteiger partial charge in [0.2, 0.25) is 5.78 Å².